The van der Waals surface area contributed by atoms with Gasteiger partial charge in [0.15, 0.2) is 0 Å². The van der Waals surface area contributed by atoms with Crippen molar-refractivity contribution in [1.82, 2.24) is 9.78 Å². The van der Waals surface area contributed by atoms with Crippen molar-refractivity contribution >= 4 is 63.3 Å². The molecule has 5 rings (SSSR count). The maximum absolute atomic E-state index is 13.9. The first kappa shape index (κ1) is 30.1. The van der Waals surface area contributed by atoms with Crippen LogP contribution in [0.3, 0.4) is 0 Å². The number of thiophene rings is 1. The molecule has 1 aliphatic heterocycles. The van der Waals surface area contributed by atoms with Gasteiger partial charge in [-0.25, -0.2) is 0 Å². The first-order chi connectivity index (χ1) is 19.9. The van der Waals surface area contributed by atoms with Crippen LogP contribution in [0.25, 0.3) is 11.3 Å². The van der Waals surface area contributed by atoms with Gasteiger partial charge in [0.25, 0.3) is 0 Å². The number of fused-ring (bicyclic) bond motifs is 1. The Hall–Kier alpha value is -3.39. The van der Waals surface area contributed by atoms with Gasteiger partial charge in [-0.15, -0.1) is 0 Å². The second-order valence-electron chi connectivity index (χ2n) is 9.23. The Morgan fingerprint density at radius 3 is 2.67 bits per heavy atom. The number of nitrogens with zero attached hydrogens (tertiary/aromatic N) is 3. The van der Waals surface area contributed by atoms with E-state index in [0.717, 1.165) is 10.9 Å². The summed E-state index contributed by atoms with van der Waals surface area (Å²) >= 11 is 7.35. The van der Waals surface area contributed by atoms with Gasteiger partial charge in [-0.1, -0.05) is 0 Å². The van der Waals surface area contributed by atoms with Crippen molar-refractivity contribution in [2.24, 2.45) is 4.76 Å². The zero-order chi connectivity index (χ0) is 30.2. The number of amidine groups is 1. The van der Waals surface area contributed by atoms with Gasteiger partial charge in [-0.3, -0.25) is 0 Å². The molecule has 0 radical (unpaired) electrons. The molecule has 42 heavy (non-hydrogen) atoms. The van der Waals surface area contributed by atoms with Crippen molar-refractivity contribution in [3.8, 4) is 17.0 Å². The van der Waals surface area contributed by atoms with E-state index in [1.54, 1.807) is 35.9 Å². The summed E-state index contributed by atoms with van der Waals surface area (Å²) in [5, 5.41) is 22.9. The third kappa shape index (κ3) is 5.91. The van der Waals surface area contributed by atoms with Crippen LogP contribution in [0.2, 0.25) is 5.02 Å². The molecule has 16 heteroatoms. The number of anilines is 2. The molecule has 1 aliphatic rings. The molecule has 3 heterocycles. The van der Waals surface area contributed by atoms with Crippen molar-refractivity contribution in [2.75, 3.05) is 30.0 Å². The van der Waals surface area contributed by atoms with Gasteiger partial charge >= 0.3 is 251 Å². The van der Waals surface area contributed by atoms with E-state index in [9.17, 15) is 22.7 Å². The number of halogens is 2. The van der Waals surface area contributed by atoms with Crippen LogP contribution in [-0.4, -0.2) is 49.1 Å². The van der Waals surface area contributed by atoms with Crippen LogP contribution in [0.4, 0.5) is 15.8 Å². The number of hydrogen-bond donors (Lipinski definition) is 3. The van der Waals surface area contributed by atoms with Crippen molar-refractivity contribution < 1.29 is 27.0 Å². The Bertz CT molecular complexity index is 1870. The standard InChI is InChI=1S/C26H26ClFN5O6PS2/c1-4-39-40(38-2)21-12-17(32-42(3,36)37)6-8-20(21)29-25(31-40)22-24(34)23(16-9-10-41-14-16)30-33(26(22)35)13-15-5-7-19(28)18(27)11-15/h5-12,14,32,34,40H,4,13H2,1-3H3,(H,29,31). The number of aromatic hydroxyl groups is 1. The third-order valence-corrected chi connectivity index (χ3v) is 10.7. The first-order valence-corrected chi connectivity index (χ1v) is 17.4. The summed E-state index contributed by atoms with van der Waals surface area (Å²) in [4.78, 5) is 13.9. The quantitative estimate of drug-likeness (QED) is 0.223. The van der Waals surface area contributed by atoms with E-state index in [1.165, 1.54) is 42.7 Å². The van der Waals surface area contributed by atoms with Crippen molar-refractivity contribution in [1.29, 1.82) is 0 Å². The molecule has 0 fully saturated rings. The predicted molar refractivity (Wildman–Crippen MR) is 166 cm³/mol. The number of benzene rings is 2. The summed E-state index contributed by atoms with van der Waals surface area (Å²) < 4.78 is 57.8. The van der Waals surface area contributed by atoms with Crippen LogP contribution < -0.4 is 20.9 Å². The maximum atomic E-state index is 13.9. The van der Waals surface area contributed by atoms with Crippen molar-refractivity contribution in [2.45, 2.75) is 13.5 Å². The molecule has 0 atom stereocenters. The second kappa shape index (κ2) is 11.7. The van der Waals surface area contributed by atoms with Crippen LogP contribution in [0.15, 0.2) is 62.8 Å². The summed E-state index contributed by atoms with van der Waals surface area (Å²) in [5.74, 6) is -1.02. The van der Waals surface area contributed by atoms with Gasteiger partial charge in [0, 0.05) is 0 Å². The van der Waals surface area contributed by atoms with Gasteiger partial charge in [-0.05, 0) is 0 Å². The molecular formula is C26H26ClFN5O6PS2. The summed E-state index contributed by atoms with van der Waals surface area (Å²) in [6.45, 7) is 1.87. The molecule has 0 saturated heterocycles. The van der Waals surface area contributed by atoms with Crippen LogP contribution in [-0.2, 0) is 25.6 Å². The number of sulfonamides is 1. The minimum absolute atomic E-state index is 0.0134. The number of aromatic nitrogens is 2. The first-order valence-electron chi connectivity index (χ1n) is 12.4. The Morgan fingerprint density at radius 1 is 1.24 bits per heavy atom. The molecule has 2 aromatic carbocycles. The Balaban J connectivity index is 1.71. The zero-order valence-electron chi connectivity index (χ0n) is 22.5. The second-order valence-corrected chi connectivity index (χ2v) is 14.8. The zero-order valence-corrected chi connectivity index (χ0v) is 25.9. The van der Waals surface area contributed by atoms with E-state index in [1.807, 2.05) is 0 Å². The van der Waals surface area contributed by atoms with Crippen LogP contribution >= 0.6 is 30.8 Å². The van der Waals surface area contributed by atoms with Crippen LogP contribution in [0, 0.1) is 5.82 Å². The van der Waals surface area contributed by atoms with E-state index in [-0.39, 0.29) is 41.0 Å². The van der Waals surface area contributed by atoms with E-state index in [4.69, 9.17) is 25.4 Å². The third-order valence-electron chi connectivity index (χ3n) is 6.27. The molecule has 2 aromatic heterocycles. The average Bonchev–Trinajstić information content (AvgIpc) is 3.47. The number of nitrogens with one attached hydrogen (secondary N) is 2. The van der Waals surface area contributed by atoms with E-state index >= 15 is 0 Å². The molecule has 3 N–H and O–H groups in total. The van der Waals surface area contributed by atoms with E-state index < -0.39 is 35.0 Å². The molecule has 0 aliphatic carbocycles. The Kier molecular flexibility index (Phi) is 8.39. The normalized spacial score (nSPS) is 14.9. The molecule has 4 aromatic rings. The summed E-state index contributed by atoms with van der Waals surface area (Å²) in [7, 11) is -5.87. The summed E-state index contributed by atoms with van der Waals surface area (Å²) in [5.41, 5.74) is 1.06. The average molecular weight is 654 g/mol. The molecular weight excluding hydrogens is 628 g/mol. The molecule has 0 bridgehead atoms. The van der Waals surface area contributed by atoms with Crippen molar-refractivity contribution in [3.05, 3.63) is 85.5 Å². The summed E-state index contributed by atoms with van der Waals surface area (Å²) in [6, 6.07) is 10.5. The monoisotopic (exact) mass is 653 g/mol. The van der Waals surface area contributed by atoms with E-state index in [0.29, 0.717) is 22.1 Å². The predicted octanol–water partition coefficient (Wildman–Crippen LogP) is 4.57. The topological polar surface area (TPSA) is 144 Å². The fourth-order valence-corrected chi connectivity index (χ4v) is 8.33. The fraction of sp³-hybridized carbons (Fsp3) is 0.192. The van der Waals surface area contributed by atoms with Gasteiger partial charge in [0.05, 0.1) is 0 Å². The van der Waals surface area contributed by atoms with Crippen molar-refractivity contribution in [3.63, 3.8) is 0 Å². The SMILES string of the molecule is CCO[PH]1(OC)N=C(c2c(O)c(-c3ccsc3)nn(Cc3ccc(F)c(Cl)c3)c2=O)Nc2ccc(NS(C)(=O)=O)cc21. The molecule has 222 valence electrons. The molecule has 11 nitrogen and oxygen atoms in total. The van der Waals surface area contributed by atoms with Gasteiger partial charge in [0.2, 0.25) is 0 Å². The molecule has 0 amide bonds. The van der Waals surface area contributed by atoms with Crippen LogP contribution in [0.1, 0.15) is 18.1 Å². The van der Waals surface area contributed by atoms with E-state index in [2.05, 4.69) is 15.1 Å². The van der Waals surface area contributed by atoms with Crippen LogP contribution in [0.5, 0.6) is 5.75 Å². The number of hydrogen-bond acceptors (Lipinski definition) is 10. The van der Waals surface area contributed by atoms with Gasteiger partial charge in [0.1, 0.15) is 0 Å². The van der Waals surface area contributed by atoms with Gasteiger partial charge < -0.3 is 0 Å². The summed E-state index contributed by atoms with van der Waals surface area (Å²) in [6.07, 6.45) is 1.03. The Labute approximate surface area is 250 Å². The van der Waals surface area contributed by atoms with Gasteiger partial charge in [-0.2, -0.15) is 0 Å². The Morgan fingerprint density at radius 2 is 2.02 bits per heavy atom. The minimum atomic E-state index is -3.71. The number of rotatable bonds is 9. The molecule has 0 unspecified atom stereocenters. The fourth-order valence-electron chi connectivity index (χ4n) is 4.48. The molecule has 0 spiro atoms. The molecule has 0 saturated carbocycles.